The standard InChI is InChI=1S/C32H27FN4O/c1-19-25-13-12-24-28(23-10-6-7-11-26(23)33)36-31(21-14-15-34-27(16-21)20-8-4-3-5-9-20)37-30(24)32(25,2)17-22-18-35-38-29(19)22/h3-11,14-16,18-19,25H,12-13,17H2,1-2H3/t19-,25-,32-/m1/s1. The van der Waals surface area contributed by atoms with Crippen molar-refractivity contribution in [2.75, 3.05) is 0 Å². The second-order valence-electron chi connectivity index (χ2n) is 10.7. The van der Waals surface area contributed by atoms with E-state index in [1.54, 1.807) is 12.3 Å². The van der Waals surface area contributed by atoms with E-state index in [9.17, 15) is 0 Å². The Balaban J connectivity index is 1.46. The highest BCUT2D eigenvalue weighted by Crippen LogP contribution is 2.54. The van der Waals surface area contributed by atoms with Gasteiger partial charge < -0.3 is 4.52 Å². The molecule has 0 fully saturated rings. The number of fused-ring (bicyclic) bond motifs is 4. The molecule has 0 N–H and O–H groups in total. The van der Waals surface area contributed by atoms with E-state index in [1.807, 2.05) is 60.8 Å². The van der Waals surface area contributed by atoms with Crippen LogP contribution in [0, 0.1) is 11.7 Å². The predicted molar refractivity (Wildman–Crippen MR) is 144 cm³/mol. The van der Waals surface area contributed by atoms with Gasteiger partial charge in [-0.15, -0.1) is 0 Å². The average molecular weight is 503 g/mol. The summed E-state index contributed by atoms with van der Waals surface area (Å²) < 4.78 is 20.9. The van der Waals surface area contributed by atoms with Crippen LogP contribution in [0.25, 0.3) is 33.9 Å². The van der Waals surface area contributed by atoms with E-state index in [-0.39, 0.29) is 17.2 Å². The lowest BCUT2D eigenvalue weighted by Crippen LogP contribution is -2.45. The number of aromatic nitrogens is 4. The summed E-state index contributed by atoms with van der Waals surface area (Å²) in [5, 5.41) is 4.12. The van der Waals surface area contributed by atoms with E-state index in [0.29, 0.717) is 23.0 Å². The molecule has 0 saturated heterocycles. The van der Waals surface area contributed by atoms with Crippen molar-refractivity contribution >= 4 is 0 Å². The maximum atomic E-state index is 15.2. The fourth-order valence-electron chi connectivity index (χ4n) is 6.70. The first-order valence-electron chi connectivity index (χ1n) is 13.1. The Morgan fingerprint density at radius 2 is 1.79 bits per heavy atom. The first kappa shape index (κ1) is 23.0. The zero-order chi connectivity index (χ0) is 25.9. The molecule has 0 aliphatic heterocycles. The zero-order valence-corrected chi connectivity index (χ0v) is 21.4. The van der Waals surface area contributed by atoms with E-state index >= 15 is 4.39 Å². The monoisotopic (exact) mass is 502 g/mol. The maximum absolute atomic E-state index is 15.2. The second kappa shape index (κ2) is 8.69. The van der Waals surface area contributed by atoms with Crippen LogP contribution in [-0.4, -0.2) is 20.1 Å². The number of pyridine rings is 1. The van der Waals surface area contributed by atoms with Crippen molar-refractivity contribution in [2.24, 2.45) is 5.92 Å². The normalized spacial score (nSPS) is 21.9. The van der Waals surface area contributed by atoms with Crippen molar-refractivity contribution in [1.29, 1.82) is 0 Å². The Bertz CT molecular complexity index is 1660. The average Bonchev–Trinajstić information content (AvgIpc) is 3.42. The summed E-state index contributed by atoms with van der Waals surface area (Å²) in [6.45, 7) is 4.53. The predicted octanol–water partition coefficient (Wildman–Crippen LogP) is 7.18. The number of nitrogens with zero attached hydrogens (tertiary/aromatic N) is 4. The highest BCUT2D eigenvalue weighted by Gasteiger charge is 2.50. The van der Waals surface area contributed by atoms with E-state index in [2.05, 4.69) is 24.0 Å². The number of rotatable bonds is 3. The maximum Gasteiger partial charge on any atom is 0.160 e. The van der Waals surface area contributed by atoms with Gasteiger partial charge in [-0.2, -0.15) is 0 Å². The topological polar surface area (TPSA) is 64.7 Å². The molecule has 3 heterocycles. The fraction of sp³-hybridized carbons (Fsp3) is 0.250. The summed E-state index contributed by atoms with van der Waals surface area (Å²) in [5.41, 5.74) is 6.86. The molecule has 5 nitrogen and oxygen atoms in total. The van der Waals surface area contributed by atoms with Crippen molar-refractivity contribution < 1.29 is 8.91 Å². The van der Waals surface area contributed by atoms with Crippen LogP contribution in [-0.2, 0) is 18.3 Å². The number of halogens is 1. The van der Waals surface area contributed by atoms with Gasteiger partial charge in [0.1, 0.15) is 11.6 Å². The molecule has 7 rings (SSSR count). The van der Waals surface area contributed by atoms with Crippen LogP contribution in [0.3, 0.4) is 0 Å². The molecule has 2 aliphatic carbocycles. The SMILES string of the molecule is C[C@H]1c2oncc2C[C@@]2(C)c3nc(-c4ccnc(-c5ccccc5)c4)nc(-c4ccccc4F)c3CC[C@H]12. The molecule has 2 aromatic carbocycles. The molecule has 6 heteroatoms. The Hall–Kier alpha value is -4.19. The van der Waals surface area contributed by atoms with Gasteiger partial charge in [-0.25, -0.2) is 14.4 Å². The quantitative estimate of drug-likeness (QED) is 0.261. The lowest BCUT2D eigenvalue weighted by Gasteiger charge is -2.47. The molecule has 3 aromatic heterocycles. The van der Waals surface area contributed by atoms with Crippen LogP contribution in [0.5, 0.6) is 0 Å². The zero-order valence-electron chi connectivity index (χ0n) is 21.4. The largest absolute Gasteiger partial charge is 0.361 e. The minimum atomic E-state index is -0.273. The summed E-state index contributed by atoms with van der Waals surface area (Å²) in [5.74, 6) is 1.86. The molecule has 0 spiro atoms. The molecule has 2 aliphatic rings. The third kappa shape index (κ3) is 3.51. The highest BCUT2D eigenvalue weighted by atomic mass is 19.1. The summed E-state index contributed by atoms with van der Waals surface area (Å²) in [4.78, 5) is 14.9. The first-order valence-corrected chi connectivity index (χ1v) is 13.1. The molecule has 38 heavy (non-hydrogen) atoms. The van der Waals surface area contributed by atoms with Crippen LogP contribution < -0.4 is 0 Å². The van der Waals surface area contributed by atoms with Gasteiger partial charge in [-0.05, 0) is 49.4 Å². The third-order valence-corrected chi connectivity index (χ3v) is 8.54. The van der Waals surface area contributed by atoms with Crippen molar-refractivity contribution in [1.82, 2.24) is 20.1 Å². The van der Waals surface area contributed by atoms with Crippen LogP contribution in [0.1, 0.15) is 48.8 Å². The first-order chi connectivity index (χ1) is 18.5. The number of hydrogen-bond acceptors (Lipinski definition) is 5. The molecular formula is C32H27FN4O. The lowest BCUT2D eigenvalue weighted by atomic mass is 9.56. The fourth-order valence-corrected chi connectivity index (χ4v) is 6.70. The Labute approximate surface area is 220 Å². The molecule has 0 saturated carbocycles. The van der Waals surface area contributed by atoms with Crippen molar-refractivity contribution in [3.05, 3.63) is 108 Å². The summed E-state index contributed by atoms with van der Waals surface area (Å²) >= 11 is 0. The van der Waals surface area contributed by atoms with Gasteiger partial charge in [0, 0.05) is 45.3 Å². The highest BCUT2D eigenvalue weighted by molar-refractivity contribution is 5.72. The smallest absolute Gasteiger partial charge is 0.160 e. The Kier molecular flexibility index (Phi) is 5.25. The van der Waals surface area contributed by atoms with Gasteiger partial charge in [0.2, 0.25) is 0 Å². The van der Waals surface area contributed by atoms with Gasteiger partial charge in [0.05, 0.1) is 23.3 Å². The van der Waals surface area contributed by atoms with E-state index in [4.69, 9.17) is 14.5 Å². The molecule has 3 atom stereocenters. The number of benzene rings is 2. The lowest BCUT2D eigenvalue weighted by molar-refractivity contribution is 0.172. The Morgan fingerprint density at radius 1 is 0.974 bits per heavy atom. The van der Waals surface area contributed by atoms with Gasteiger partial charge >= 0.3 is 0 Å². The summed E-state index contributed by atoms with van der Waals surface area (Å²) in [7, 11) is 0. The van der Waals surface area contributed by atoms with Crippen LogP contribution in [0.4, 0.5) is 4.39 Å². The van der Waals surface area contributed by atoms with E-state index < -0.39 is 0 Å². The summed E-state index contributed by atoms with van der Waals surface area (Å²) in [6.07, 6.45) is 6.17. The van der Waals surface area contributed by atoms with Crippen LogP contribution in [0.15, 0.2) is 83.6 Å². The van der Waals surface area contributed by atoms with Crippen LogP contribution in [0.2, 0.25) is 0 Å². The van der Waals surface area contributed by atoms with Crippen molar-refractivity contribution in [2.45, 2.75) is 44.4 Å². The van der Waals surface area contributed by atoms with Gasteiger partial charge in [-0.1, -0.05) is 61.5 Å². The van der Waals surface area contributed by atoms with Gasteiger partial charge in [0.25, 0.3) is 0 Å². The van der Waals surface area contributed by atoms with Crippen LogP contribution >= 0.6 is 0 Å². The second-order valence-corrected chi connectivity index (χ2v) is 10.7. The summed E-state index contributed by atoms with van der Waals surface area (Å²) in [6, 6.07) is 20.9. The van der Waals surface area contributed by atoms with Crippen molar-refractivity contribution in [3.63, 3.8) is 0 Å². The molecule has 0 unspecified atom stereocenters. The van der Waals surface area contributed by atoms with E-state index in [1.165, 1.54) is 6.07 Å². The van der Waals surface area contributed by atoms with Crippen molar-refractivity contribution in [3.8, 4) is 33.9 Å². The molecule has 5 aromatic rings. The number of hydrogen-bond donors (Lipinski definition) is 0. The minimum absolute atomic E-state index is 0.223. The van der Waals surface area contributed by atoms with Gasteiger partial charge in [-0.3, -0.25) is 4.98 Å². The Morgan fingerprint density at radius 3 is 2.63 bits per heavy atom. The van der Waals surface area contributed by atoms with Gasteiger partial charge in [0.15, 0.2) is 5.82 Å². The molecule has 188 valence electrons. The third-order valence-electron chi connectivity index (χ3n) is 8.54. The minimum Gasteiger partial charge on any atom is -0.361 e. The van der Waals surface area contributed by atoms with E-state index in [0.717, 1.165) is 58.7 Å². The molecular weight excluding hydrogens is 475 g/mol. The molecule has 0 amide bonds. The molecule has 0 radical (unpaired) electrons. The molecule has 0 bridgehead atoms.